The first-order chi connectivity index (χ1) is 9.72. The van der Waals surface area contributed by atoms with Crippen molar-refractivity contribution in [2.45, 2.75) is 31.9 Å². The number of aliphatic hydroxyl groups is 1. The van der Waals surface area contributed by atoms with Gasteiger partial charge < -0.3 is 10.1 Å². The van der Waals surface area contributed by atoms with Gasteiger partial charge in [-0.3, -0.25) is 4.90 Å². The highest BCUT2D eigenvalue weighted by Gasteiger charge is 2.47. The van der Waals surface area contributed by atoms with Gasteiger partial charge in [0, 0.05) is 22.5 Å². The second-order valence-electron chi connectivity index (χ2n) is 6.39. The first kappa shape index (κ1) is 12.4. The molecule has 0 amide bonds. The van der Waals surface area contributed by atoms with Crippen molar-refractivity contribution < 1.29 is 5.11 Å². The van der Waals surface area contributed by atoms with E-state index < -0.39 is 0 Å². The molecule has 3 nitrogen and oxygen atoms in total. The molecule has 1 aromatic heterocycles. The van der Waals surface area contributed by atoms with Crippen LogP contribution < -0.4 is 0 Å². The second-order valence-corrected chi connectivity index (χ2v) is 6.39. The molecule has 2 N–H and O–H groups in total. The maximum absolute atomic E-state index is 10.8. The zero-order chi connectivity index (χ0) is 13.9. The Kier molecular flexibility index (Phi) is 2.69. The zero-order valence-corrected chi connectivity index (χ0v) is 12.1. The molecule has 0 radical (unpaired) electrons. The molecule has 106 valence electrons. The van der Waals surface area contributed by atoms with Crippen LogP contribution in [0.25, 0.3) is 10.9 Å². The summed E-state index contributed by atoms with van der Waals surface area (Å²) in [5.41, 5.74) is 3.57. The van der Waals surface area contributed by atoms with E-state index in [2.05, 4.69) is 48.1 Å². The largest absolute Gasteiger partial charge is 0.387 e. The summed E-state index contributed by atoms with van der Waals surface area (Å²) in [4.78, 5) is 5.96. The molecule has 0 unspecified atom stereocenters. The Morgan fingerprint density at radius 2 is 2.15 bits per heavy atom. The van der Waals surface area contributed by atoms with Gasteiger partial charge in [-0.05, 0) is 37.9 Å². The third kappa shape index (κ3) is 1.48. The second kappa shape index (κ2) is 4.34. The SMILES string of the molecule is CC[C@H]1[C@@H]2CCN(C)[C@H]1c1c([nH]c3ccccc13)[C@H]2O. The van der Waals surface area contributed by atoms with Crippen LogP contribution in [0.3, 0.4) is 0 Å². The van der Waals surface area contributed by atoms with E-state index in [1.807, 2.05) is 0 Å². The van der Waals surface area contributed by atoms with Gasteiger partial charge in [0.05, 0.1) is 11.8 Å². The van der Waals surface area contributed by atoms with Gasteiger partial charge in [0.15, 0.2) is 0 Å². The Labute approximate surface area is 119 Å². The Bertz CT molecular complexity index is 647. The third-order valence-corrected chi connectivity index (χ3v) is 5.49. The molecule has 2 heterocycles. The number of nitrogens with one attached hydrogen (secondary N) is 1. The summed E-state index contributed by atoms with van der Waals surface area (Å²) in [6.45, 7) is 3.35. The fraction of sp³-hybridized carbons (Fsp3) is 0.529. The lowest BCUT2D eigenvalue weighted by Gasteiger charge is -2.49. The van der Waals surface area contributed by atoms with Crippen molar-refractivity contribution in [3.05, 3.63) is 35.5 Å². The fourth-order valence-corrected chi connectivity index (χ4v) is 4.57. The molecule has 1 aliphatic heterocycles. The lowest BCUT2D eigenvalue weighted by Crippen LogP contribution is -2.46. The van der Waals surface area contributed by atoms with Crippen molar-refractivity contribution in [2.75, 3.05) is 13.6 Å². The van der Waals surface area contributed by atoms with Crippen molar-refractivity contribution in [2.24, 2.45) is 11.8 Å². The molecule has 4 atom stereocenters. The van der Waals surface area contributed by atoms with Crippen molar-refractivity contribution in [3.63, 3.8) is 0 Å². The molecule has 20 heavy (non-hydrogen) atoms. The van der Waals surface area contributed by atoms with E-state index in [0.29, 0.717) is 17.9 Å². The maximum atomic E-state index is 10.8. The van der Waals surface area contributed by atoms with Crippen molar-refractivity contribution in [1.82, 2.24) is 9.88 Å². The maximum Gasteiger partial charge on any atom is 0.0973 e. The van der Waals surface area contributed by atoms with Gasteiger partial charge in [-0.2, -0.15) is 0 Å². The van der Waals surface area contributed by atoms with Crippen LogP contribution >= 0.6 is 0 Å². The Balaban J connectivity index is 2.00. The van der Waals surface area contributed by atoms with E-state index in [4.69, 9.17) is 0 Å². The number of aliphatic hydroxyl groups excluding tert-OH is 1. The number of benzene rings is 1. The van der Waals surface area contributed by atoms with E-state index in [1.165, 1.54) is 10.9 Å². The predicted molar refractivity (Wildman–Crippen MR) is 80.5 cm³/mol. The molecular weight excluding hydrogens is 248 g/mol. The number of hydrogen-bond acceptors (Lipinski definition) is 2. The minimum Gasteiger partial charge on any atom is -0.387 e. The summed E-state index contributed by atoms with van der Waals surface area (Å²) in [5.74, 6) is 0.970. The summed E-state index contributed by atoms with van der Waals surface area (Å²) >= 11 is 0. The summed E-state index contributed by atoms with van der Waals surface area (Å²) < 4.78 is 0. The molecule has 3 heteroatoms. The van der Waals surface area contributed by atoms with Crippen LogP contribution in [0.2, 0.25) is 0 Å². The molecule has 1 fully saturated rings. The van der Waals surface area contributed by atoms with E-state index in [-0.39, 0.29) is 6.10 Å². The number of hydrogen-bond donors (Lipinski definition) is 2. The first-order valence-electron chi connectivity index (χ1n) is 7.71. The number of aromatic amines is 1. The highest BCUT2D eigenvalue weighted by atomic mass is 16.3. The Hall–Kier alpha value is -1.32. The monoisotopic (exact) mass is 270 g/mol. The molecule has 2 aromatic rings. The summed E-state index contributed by atoms with van der Waals surface area (Å²) in [6.07, 6.45) is 1.91. The van der Waals surface area contributed by atoms with E-state index >= 15 is 0 Å². The van der Waals surface area contributed by atoms with Crippen LogP contribution in [0.4, 0.5) is 0 Å². The van der Waals surface area contributed by atoms with Crippen LogP contribution in [0, 0.1) is 11.8 Å². The van der Waals surface area contributed by atoms with Gasteiger partial charge >= 0.3 is 0 Å². The molecule has 0 spiro atoms. The normalized spacial score (nSPS) is 33.4. The predicted octanol–water partition coefficient (Wildman–Crippen LogP) is 3.23. The van der Waals surface area contributed by atoms with Crippen molar-refractivity contribution in [3.8, 4) is 0 Å². The minimum atomic E-state index is -0.327. The van der Waals surface area contributed by atoms with E-state index in [9.17, 15) is 5.11 Å². The number of aromatic nitrogens is 1. The number of likely N-dealkylation sites (tertiary alicyclic amines) is 1. The van der Waals surface area contributed by atoms with Gasteiger partial charge in [0.2, 0.25) is 0 Å². The molecule has 2 aliphatic rings. The van der Waals surface area contributed by atoms with Crippen molar-refractivity contribution >= 4 is 10.9 Å². The van der Waals surface area contributed by atoms with Gasteiger partial charge in [0.1, 0.15) is 0 Å². The minimum absolute atomic E-state index is 0.327. The molecular formula is C17H22N2O. The third-order valence-electron chi connectivity index (χ3n) is 5.49. The van der Waals surface area contributed by atoms with Crippen LogP contribution in [0.15, 0.2) is 24.3 Å². The number of fused-ring (bicyclic) bond motifs is 6. The number of piperidine rings is 1. The van der Waals surface area contributed by atoms with Crippen molar-refractivity contribution in [1.29, 1.82) is 0 Å². The Morgan fingerprint density at radius 1 is 1.35 bits per heavy atom. The smallest absolute Gasteiger partial charge is 0.0973 e. The number of H-pyrrole nitrogens is 1. The van der Waals surface area contributed by atoms with Crippen LogP contribution in [-0.4, -0.2) is 28.6 Å². The van der Waals surface area contributed by atoms with Gasteiger partial charge in [-0.1, -0.05) is 31.5 Å². The topological polar surface area (TPSA) is 39.3 Å². The van der Waals surface area contributed by atoms with Gasteiger partial charge in [-0.25, -0.2) is 0 Å². The lowest BCUT2D eigenvalue weighted by molar-refractivity contribution is -0.0322. The molecule has 1 saturated heterocycles. The average molecular weight is 270 g/mol. The molecule has 1 aromatic carbocycles. The van der Waals surface area contributed by atoms with E-state index in [0.717, 1.165) is 30.6 Å². The zero-order valence-electron chi connectivity index (χ0n) is 12.1. The van der Waals surface area contributed by atoms with E-state index in [1.54, 1.807) is 0 Å². The molecule has 4 rings (SSSR count). The highest BCUT2D eigenvalue weighted by molar-refractivity contribution is 5.85. The number of para-hydroxylation sites is 1. The molecule has 0 saturated carbocycles. The van der Waals surface area contributed by atoms with Crippen LogP contribution in [0.1, 0.15) is 43.2 Å². The standard InChI is InChI=1S/C17H22N2O/c1-3-10-11-8-9-19(2)16(10)14-12-6-4-5-7-13(12)18-15(14)17(11)20/h4-7,10-11,16-18,20H,3,8-9H2,1-2H3/t10-,11-,16+,17-/m0/s1. The average Bonchev–Trinajstić information content (AvgIpc) is 2.85. The number of rotatable bonds is 1. The fourth-order valence-electron chi connectivity index (χ4n) is 4.57. The summed E-state index contributed by atoms with van der Waals surface area (Å²) in [6, 6.07) is 8.91. The molecule has 2 bridgehead atoms. The first-order valence-corrected chi connectivity index (χ1v) is 7.71. The van der Waals surface area contributed by atoms with Gasteiger partial charge in [0.25, 0.3) is 0 Å². The lowest BCUT2D eigenvalue weighted by atomic mass is 9.67. The molecule has 1 aliphatic carbocycles. The van der Waals surface area contributed by atoms with Crippen LogP contribution in [-0.2, 0) is 0 Å². The van der Waals surface area contributed by atoms with Crippen LogP contribution in [0.5, 0.6) is 0 Å². The highest BCUT2D eigenvalue weighted by Crippen LogP contribution is 2.53. The summed E-state index contributed by atoms with van der Waals surface area (Å²) in [7, 11) is 2.23. The van der Waals surface area contributed by atoms with Gasteiger partial charge in [-0.15, -0.1) is 0 Å². The Morgan fingerprint density at radius 3 is 2.95 bits per heavy atom. The number of nitrogens with zero attached hydrogens (tertiary/aromatic N) is 1. The quantitative estimate of drug-likeness (QED) is 0.835. The summed E-state index contributed by atoms with van der Waals surface area (Å²) in [5, 5.41) is 12.1.